The van der Waals surface area contributed by atoms with E-state index in [1.54, 1.807) is 49.6 Å². The predicted molar refractivity (Wildman–Crippen MR) is 126 cm³/mol. The van der Waals surface area contributed by atoms with E-state index < -0.39 is 0 Å². The Hall–Kier alpha value is -2.97. The van der Waals surface area contributed by atoms with Crippen LogP contribution in [0, 0.1) is 5.92 Å². The molecule has 31 heavy (non-hydrogen) atoms. The van der Waals surface area contributed by atoms with Crippen molar-refractivity contribution < 1.29 is 19.1 Å². The van der Waals surface area contributed by atoms with Gasteiger partial charge in [0.1, 0.15) is 5.75 Å². The third-order valence-electron chi connectivity index (χ3n) is 4.26. The van der Waals surface area contributed by atoms with Crippen LogP contribution in [0.2, 0.25) is 0 Å². The van der Waals surface area contributed by atoms with Gasteiger partial charge in [-0.05, 0) is 61.0 Å². The predicted octanol–water partition coefficient (Wildman–Crippen LogP) is 3.61. The average Bonchev–Trinajstić information content (AvgIpc) is 2.74. The number of ether oxygens (including phenoxy) is 2. The molecule has 0 unspecified atom stereocenters. The lowest BCUT2D eigenvalue weighted by atomic mass is 10.1. The quantitative estimate of drug-likeness (QED) is 0.384. The average molecular weight is 444 g/mol. The molecule has 0 atom stereocenters. The maximum absolute atomic E-state index is 12.5. The highest BCUT2D eigenvalue weighted by atomic mass is 32.1. The van der Waals surface area contributed by atoms with Crippen molar-refractivity contribution in [2.45, 2.75) is 20.3 Å². The van der Waals surface area contributed by atoms with Crippen molar-refractivity contribution in [1.29, 1.82) is 0 Å². The molecule has 3 N–H and O–H groups in total. The Labute approximate surface area is 188 Å². The summed E-state index contributed by atoms with van der Waals surface area (Å²) >= 11 is 5.25. The Kier molecular flexibility index (Phi) is 9.93. The smallest absolute Gasteiger partial charge is 0.257 e. The molecule has 0 bridgehead atoms. The van der Waals surface area contributed by atoms with Crippen LogP contribution in [0.4, 0.5) is 5.69 Å². The van der Waals surface area contributed by atoms with E-state index in [0.717, 1.165) is 6.42 Å². The minimum Gasteiger partial charge on any atom is -0.494 e. The lowest BCUT2D eigenvalue weighted by molar-refractivity contribution is 0.0935. The third-order valence-corrected chi connectivity index (χ3v) is 4.47. The minimum absolute atomic E-state index is 0.132. The fourth-order valence-corrected chi connectivity index (χ4v) is 2.79. The van der Waals surface area contributed by atoms with Gasteiger partial charge in [0.2, 0.25) is 0 Å². The Morgan fingerprint density at radius 3 is 2.42 bits per heavy atom. The molecule has 8 heteroatoms. The number of methoxy groups -OCH3 is 1. The topological polar surface area (TPSA) is 88.7 Å². The van der Waals surface area contributed by atoms with Crippen molar-refractivity contribution in [1.82, 2.24) is 10.6 Å². The van der Waals surface area contributed by atoms with Gasteiger partial charge in [0.05, 0.1) is 13.2 Å². The van der Waals surface area contributed by atoms with E-state index in [1.165, 1.54) is 0 Å². The number of amides is 2. The first-order valence-corrected chi connectivity index (χ1v) is 10.5. The second-order valence-electron chi connectivity index (χ2n) is 7.30. The fourth-order valence-electron chi connectivity index (χ4n) is 2.58. The molecule has 2 rings (SSSR count). The van der Waals surface area contributed by atoms with E-state index in [-0.39, 0.29) is 16.9 Å². The Morgan fingerprint density at radius 1 is 1.00 bits per heavy atom. The number of carbonyl (C=O) groups excluding carboxylic acids is 2. The van der Waals surface area contributed by atoms with Crippen molar-refractivity contribution >= 4 is 34.8 Å². The van der Waals surface area contributed by atoms with Crippen LogP contribution in [0.15, 0.2) is 48.5 Å². The maximum atomic E-state index is 12.5. The molecule has 0 fully saturated rings. The van der Waals surface area contributed by atoms with Crippen LogP contribution in [0.1, 0.15) is 41.0 Å². The molecule has 0 aromatic heterocycles. The molecular formula is C23H29N3O4S. The minimum atomic E-state index is -0.347. The summed E-state index contributed by atoms with van der Waals surface area (Å²) in [4.78, 5) is 24.7. The molecule has 0 aliphatic rings. The van der Waals surface area contributed by atoms with Crippen LogP contribution in [-0.2, 0) is 4.74 Å². The molecule has 0 radical (unpaired) electrons. The van der Waals surface area contributed by atoms with Gasteiger partial charge in [0.25, 0.3) is 11.8 Å². The summed E-state index contributed by atoms with van der Waals surface area (Å²) in [6.45, 7) is 5.71. The van der Waals surface area contributed by atoms with Crippen LogP contribution in [0.5, 0.6) is 5.75 Å². The number of nitrogens with one attached hydrogen (secondary N) is 3. The first kappa shape index (κ1) is 24.3. The SMILES string of the molecule is COCCNC(=O)c1cccc(NC(=S)NC(=O)c2cccc(OCCC(C)C)c2)c1. The Bertz CT molecular complexity index is 902. The largest absolute Gasteiger partial charge is 0.494 e. The molecule has 0 aliphatic carbocycles. The molecule has 0 aliphatic heterocycles. The summed E-state index contributed by atoms with van der Waals surface area (Å²) in [6, 6.07) is 13.8. The standard InChI is InChI=1S/C23H29N3O4S/c1-16(2)10-12-30-20-9-5-7-18(15-20)22(28)26-23(31)25-19-8-4-6-17(14-19)21(27)24-11-13-29-3/h4-9,14-16H,10-13H2,1-3H3,(H,24,27)(H2,25,26,28,31). The van der Waals surface area contributed by atoms with Gasteiger partial charge in [-0.25, -0.2) is 0 Å². The highest BCUT2D eigenvalue weighted by Crippen LogP contribution is 2.15. The van der Waals surface area contributed by atoms with Crippen molar-refractivity contribution in [3.05, 3.63) is 59.7 Å². The molecular weight excluding hydrogens is 414 g/mol. The number of rotatable bonds is 10. The molecule has 7 nitrogen and oxygen atoms in total. The van der Waals surface area contributed by atoms with Crippen LogP contribution in [0.3, 0.4) is 0 Å². The molecule has 0 spiro atoms. The van der Waals surface area contributed by atoms with Crippen LogP contribution in [-0.4, -0.2) is 43.8 Å². The van der Waals surface area contributed by atoms with Gasteiger partial charge in [-0.1, -0.05) is 26.0 Å². The van der Waals surface area contributed by atoms with E-state index >= 15 is 0 Å². The zero-order valence-electron chi connectivity index (χ0n) is 18.1. The van der Waals surface area contributed by atoms with Gasteiger partial charge in [-0.15, -0.1) is 0 Å². The molecule has 2 aromatic carbocycles. The number of benzene rings is 2. The van der Waals surface area contributed by atoms with E-state index in [9.17, 15) is 9.59 Å². The normalized spacial score (nSPS) is 10.5. The first-order chi connectivity index (χ1) is 14.9. The van der Waals surface area contributed by atoms with Gasteiger partial charge in [0.15, 0.2) is 5.11 Å². The summed E-state index contributed by atoms with van der Waals surface area (Å²) in [5, 5.41) is 8.46. The fraction of sp³-hybridized carbons (Fsp3) is 0.348. The van der Waals surface area contributed by atoms with Crippen molar-refractivity contribution in [3.63, 3.8) is 0 Å². The van der Waals surface area contributed by atoms with Gasteiger partial charge >= 0.3 is 0 Å². The number of hydrogen-bond acceptors (Lipinski definition) is 5. The van der Waals surface area contributed by atoms with Crippen molar-refractivity contribution in [2.24, 2.45) is 5.92 Å². The van der Waals surface area contributed by atoms with E-state index in [2.05, 4.69) is 29.8 Å². The summed E-state index contributed by atoms with van der Waals surface area (Å²) in [6.07, 6.45) is 0.938. The zero-order valence-corrected chi connectivity index (χ0v) is 18.9. The highest BCUT2D eigenvalue weighted by molar-refractivity contribution is 7.80. The van der Waals surface area contributed by atoms with Crippen LogP contribution in [0.25, 0.3) is 0 Å². The molecule has 2 amide bonds. The lowest BCUT2D eigenvalue weighted by Crippen LogP contribution is -2.34. The Morgan fingerprint density at radius 2 is 1.71 bits per heavy atom. The van der Waals surface area contributed by atoms with Crippen molar-refractivity contribution in [2.75, 3.05) is 32.2 Å². The number of thiocarbonyl (C=S) groups is 1. The molecule has 2 aromatic rings. The van der Waals surface area contributed by atoms with Gasteiger partial charge < -0.3 is 20.1 Å². The summed E-state index contributed by atoms with van der Waals surface area (Å²) in [5.74, 6) is 0.620. The van der Waals surface area contributed by atoms with E-state index in [4.69, 9.17) is 21.7 Å². The zero-order chi connectivity index (χ0) is 22.6. The van der Waals surface area contributed by atoms with Gasteiger partial charge in [0, 0.05) is 30.5 Å². The third kappa shape index (κ3) is 8.74. The molecule has 0 saturated heterocycles. The first-order valence-electron chi connectivity index (χ1n) is 10.1. The highest BCUT2D eigenvalue weighted by Gasteiger charge is 2.11. The maximum Gasteiger partial charge on any atom is 0.257 e. The summed E-state index contributed by atoms with van der Waals surface area (Å²) < 4.78 is 10.6. The van der Waals surface area contributed by atoms with E-state index in [1.807, 2.05) is 6.07 Å². The van der Waals surface area contributed by atoms with Gasteiger partial charge in [-0.3, -0.25) is 14.9 Å². The Balaban J connectivity index is 1.91. The summed E-state index contributed by atoms with van der Waals surface area (Å²) in [5.41, 5.74) is 1.51. The van der Waals surface area contributed by atoms with Crippen LogP contribution >= 0.6 is 12.2 Å². The van der Waals surface area contributed by atoms with Crippen molar-refractivity contribution in [3.8, 4) is 5.75 Å². The monoisotopic (exact) mass is 443 g/mol. The molecule has 166 valence electrons. The van der Waals surface area contributed by atoms with E-state index in [0.29, 0.717) is 48.2 Å². The number of hydrogen-bond donors (Lipinski definition) is 3. The van der Waals surface area contributed by atoms with Crippen LogP contribution < -0.4 is 20.7 Å². The number of anilines is 1. The van der Waals surface area contributed by atoms with Gasteiger partial charge in [-0.2, -0.15) is 0 Å². The molecule has 0 heterocycles. The second-order valence-corrected chi connectivity index (χ2v) is 7.70. The second kappa shape index (κ2) is 12.7. The lowest BCUT2D eigenvalue weighted by Gasteiger charge is -2.12. The summed E-state index contributed by atoms with van der Waals surface area (Å²) in [7, 11) is 1.57. The molecule has 0 saturated carbocycles. The number of carbonyl (C=O) groups is 2.